The Morgan fingerprint density at radius 2 is 1.86 bits per heavy atom. The molecule has 14 nitrogen and oxygen atoms in total. The Kier molecular flexibility index (Phi) is 9.73. The summed E-state index contributed by atoms with van der Waals surface area (Å²) in [5.74, 6) is -2.52. The highest BCUT2D eigenvalue weighted by Gasteiger charge is 2.48. The summed E-state index contributed by atoms with van der Waals surface area (Å²) < 4.78 is 13.0. The van der Waals surface area contributed by atoms with Crippen molar-refractivity contribution in [3.63, 3.8) is 0 Å². The molecule has 232 valence electrons. The quantitative estimate of drug-likeness (QED) is 0.212. The number of thiophene rings is 1. The van der Waals surface area contributed by atoms with E-state index in [0.29, 0.717) is 16.7 Å². The smallest absolute Gasteiger partial charge is 0.335 e. The van der Waals surface area contributed by atoms with Crippen molar-refractivity contribution < 1.29 is 44.3 Å². The van der Waals surface area contributed by atoms with Crippen LogP contribution in [0.3, 0.4) is 0 Å². The van der Waals surface area contributed by atoms with Crippen LogP contribution >= 0.6 is 22.9 Å². The first-order valence-corrected chi connectivity index (χ1v) is 14.3. The molecule has 3 aromatic rings. The number of carbonyl (C=O) groups excluding carboxylic acids is 2. The number of carbonyl (C=O) groups is 3. The van der Waals surface area contributed by atoms with E-state index >= 15 is 0 Å². The van der Waals surface area contributed by atoms with Crippen LogP contribution in [-0.4, -0.2) is 83.3 Å². The zero-order valence-corrected chi connectivity index (χ0v) is 24.9. The third-order valence-corrected chi connectivity index (χ3v) is 7.76. The summed E-state index contributed by atoms with van der Waals surface area (Å²) in [4.78, 5) is 51.2. The summed E-state index contributed by atoms with van der Waals surface area (Å²) in [6, 6.07) is 8.29. The lowest BCUT2D eigenvalue weighted by Gasteiger charge is -2.37. The molecule has 1 aliphatic rings. The standard InChI is InChI=1S/C27H31ClN4O10S/c1-27(2,3)26(40)32-17(29-12-13-6-7-16(28)43-13)11-15(30-32)14-5-4-9-31(23(14)37)10-8-18(33)41-25-21(36)19(34)20(35)22(42-25)24(38)39/h4-7,9,11,19-22,25,29,34-36H,8,10,12H2,1-3H3,(H,38,39)/t19-,20-,21+,22-,25+/m0/s1. The maximum atomic E-state index is 13.3. The predicted octanol–water partition coefficient (Wildman–Crippen LogP) is 1.55. The molecule has 0 bridgehead atoms. The second kappa shape index (κ2) is 13.0. The topological polar surface area (TPSA) is 202 Å². The molecule has 3 aromatic heterocycles. The number of aliphatic carboxylic acids is 1. The largest absolute Gasteiger partial charge is 0.479 e. The molecule has 16 heteroatoms. The van der Waals surface area contributed by atoms with Gasteiger partial charge in [-0.15, -0.1) is 11.3 Å². The second-order valence-electron chi connectivity index (χ2n) is 10.8. The van der Waals surface area contributed by atoms with Crippen LogP contribution in [0.15, 0.2) is 41.3 Å². The minimum Gasteiger partial charge on any atom is -0.479 e. The van der Waals surface area contributed by atoms with Crippen molar-refractivity contribution in [2.75, 3.05) is 5.32 Å². The van der Waals surface area contributed by atoms with Gasteiger partial charge in [-0.2, -0.15) is 9.78 Å². The molecule has 0 radical (unpaired) electrons. The molecule has 43 heavy (non-hydrogen) atoms. The zero-order valence-electron chi connectivity index (χ0n) is 23.3. The van der Waals surface area contributed by atoms with E-state index in [1.54, 1.807) is 39.0 Å². The van der Waals surface area contributed by atoms with E-state index in [0.717, 1.165) is 4.88 Å². The van der Waals surface area contributed by atoms with Gasteiger partial charge in [0.25, 0.3) is 11.5 Å². The average Bonchev–Trinajstić information content (AvgIpc) is 3.56. The molecule has 0 saturated carbocycles. The van der Waals surface area contributed by atoms with E-state index < -0.39 is 53.6 Å². The molecule has 1 saturated heterocycles. The van der Waals surface area contributed by atoms with Gasteiger partial charge in [0.15, 0.2) is 6.10 Å². The number of hydrogen-bond donors (Lipinski definition) is 5. The first-order chi connectivity index (χ1) is 20.2. The molecule has 4 rings (SSSR count). The molecule has 1 fully saturated rings. The van der Waals surface area contributed by atoms with Crippen molar-refractivity contribution in [1.82, 2.24) is 14.3 Å². The van der Waals surface area contributed by atoms with Gasteiger partial charge in [-0.1, -0.05) is 32.4 Å². The van der Waals surface area contributed by atoms with E-state index in [1.165, 1.54) is 32.8 Å². The van der Waals surface area contributed by atoms with Crippen LogP contribution in [0.5, 0.6) is 0 Å². The highest BCUT2D eigenvalue weighted by molar-refractivity contribution is 7.16. The Balaban J connectivity index is 1.51. The Morgan fingerprint density at radius 3 is 2.49 bits per heavy atom. The van der Waals surface area contributed by atoms with Gasteiger partial charge >= 0.3 is 11.9 Å². The molecule has 1 aliphatic heterocycles. The molecule has 0 amide bonds. The normalized spacial score (nSPS) is 22.3. The predicted molar refractivity (Wildman–Crippen MR) is 154 cm³/mol. The molecule has 5 N–H and O–H groups in total. The minimum atomic E-state index is -1.93. The Morgan fingerprint density at radius 1 is 1.14 bits per heavy atom. The molecule has 0 spiro atoms. The molecular weight excluding hydrogens is 608 g/mol. The van der Waals surface area contributed by atoms with E-state index in [4.69, 9.17) is 26.2 Å². The molecule has 5 atom stereocenters. The third-order valence-electron chi connectivity index (χ3n) is 6.53. The second-order valence-corrected chi connectivity index (χ2v) is 12.6. The summed E-state index contributed by atoms with van der Waals surface area (Å²) >= 11 is 7.40. The van der Waals surface area contributed by atoms with E-state index in [-0.39, 0.29) is 30.1 Å². The van der Waals surface area contributed by atoms with Crippen LogP contribution in [-0.2, 0) is 32.2 Å². The molecule has 0 unspecified atom stereocenters. The number of esters is 1. The Hall–Kier alpha value is -3.60. The molecular formula is C27H31ClN4O10S. The number of rotatable bonds is 9. The number of hydrogen-bond acceptors (Lipinski definition) is 12. The Bertz CT molecular complexity index is 1560. The van der Waals surface area contributed by atoms with Crippen molar-refractivity contribution in [2.24, 2.45) is 5.41 Å². The number of pyridine rings is 1. The maximum Gasteiger partial charge on any atom is 0.335 e. The minimum absolute atomic E-state index is 0.158. The summed E-state index contributed by atoms with van der Waals surface area (Å²) in [6.45, 7) is 5.43. The van der Waals surface area contributed by atoms with E-state index in [9.17, 15) is 34.5 Å². The number of aromatic nitrogens is 3. The number of nitrogens with zero attached hydrogens (tertiary/aromatic N) is 3. The number of aryl methyl sites for hydroxylation is 1. The lowest BCUT2D eigenvalue weighted by atomic mass is 9.96. The fourth-order valence-electron chi connectivity index (χ4n) is 4.19. The van der Waals surface area contributed by atoms with Crippen LogP contribution in [0, 0.1) is 5.41 Å². The number of aliphatic hydroxyl groups excluding tert-OH is 3. The number of halogens is 1. The number of nitrogens with one attached hydrogen (secondary N) is 1. The third kappa shape index (κ3) is 7.31. The van der Waals surface area contributed by atoms with Gasteiger partial charge in [0.1, 0.15) is 29.8 Å². The number of ether oxygens (including phenoxy) is 2. The van der Waals surface area contributed by atoms with Crippen LogP contribution in [0.25, 0.3) is 11.3 Å². The first-order valence-electron chi connectivity index (χ1n) is 13.1. The van der Waals surface area contributed by atoms with Crippen molar-refractivity contribution in [3.8, 4) is 11.3 Å². The summed E-state index contributed by atoms with van der Waals surface area (Å²) in [6.07, 6.45) is -8.50. The fourth-order valence-corrected chi connectivity index (χ4v) is 5.22. The van der Waals surface area contributed by atoms with E-state index in [2.05, 4.69) is 10.4 Å². The van der Waals surface area contributed by atoms with Crippen LogP contribution < -0.4 is 10.9 Å². The van der Waals surface area contributed by atoms with Gasteiger partial charge in [0.2, 0.25) is 6.29 Å². The average molecular weight is 639 g/mol. The lowest BCUT2D eigenvalue weighted by Crippen LogP contribution is -2.60. The Labute approximate surface area is 254 Å². The van der Waals surface area contributed by atoms with Gasteiger partial charge in [-0.05, 0) is 24.3 Å². The molecule has 0 aromatic carbocycles. The SMILES string of the molecule is CC(C)(C)C(=O)n1nc(-c2cccn(CCC(=O)O[C@@H]3O[C@H](C(=O)O)[C@@H](O)[C@H](O)[C@H]3O)c2=O)cc1NCc1ccc(Cl)s1. The number of carboxylic acids is 1. The lowest BCUT2D eigenvalue weighted by molar-refractivity contribution is -0.286. The van der Waals surface area contributed by atoms with Crippen molar-refractivity contribution in [1.29, 1.82) is 0 Å². The van der Waals surface area contributed by atoms with Gasteiger partial charge in [0, 0.05) is 29.1 Å². The van der Waals surface area contributed by atoms with Gasteiger partial charge in [0.05, 0.1) is 22.9 Å². The van der Waals surface area contributed by atoms with Crippen molar-refractivity contribution >= 4 is 46.6 Å². The summed E-state index contributed by atoms with van der Waals surface area (Å²) in [5, 5.41) is 46.5. The molecule has 0 aliphatic carbocycles. The van der Waals surface area contributed by atoms with Crippen molar-refractivity contribution in [2.45, 2.75) is 71.0 Å². The van der Waals surface area contributed by atoms with Crippen LogP contribution in [0.1, 0.15) is 36.9 Å². The number of anilines is 1. The number of carboxylic acid groups (broad SMARTS) is 1. The van der Waals surface area contributed by atoms with Gasteiger partial charge < -0.3 is 39.8 Å². The highest BCUT2D eigenvalue weighted by atomic mass is 35.5. The monoisotopic (exact) mass is 638 g/mol. The van der Waals surface area contributed by atoms with Crippen molar-refractivity contribution in [3.05, 3.63) is 56.1 Å². The van der Waals surface area contributed by atoms with Crippen LogP contribution in [0.4, 0.5) is 5.82 Å². The van der Waals surface area contributed by atoms with Gasteiger partial charge in [-0.25, -0.2) is 4.79 Å². The number of aliphatic hydroxyl groups is 3. The molecule has 4 heterocycles. The maximum absolute atomic E-state index is 13.3. The summed E-state index contributed by atoms with van der Waals surface area (Å²) in [7, 11) is 0. The fraction of sp³-hybridized carbons (Fsp3) is 0.444. The van der Waals surface area contributed by atoms with Crippen LogP contribution in [0.2, 0.25) is 4.34 Å². The van der Waals surface area contributed by atoms with Gasteiger partial charge in [-0.3, -0.25) is 14.4 Å². The van der Waals surface area contributed by atoms with E-state index in [1.807, 2.05) is 6.07 Å². The zero-order chi connectivity index (χ0) is 31.6. The summed E-state index contributed by atoms with van der Waals surface area (Å²) in [5.41, 5.74) is -0.918. The highest BCUT2D eigenvalue weighted by Crippen LogP contribution is 2.27. The first kappa shape index (κ1) is 32.3.